The molecule has 3 aromatic rings. The molecule has 0 bridgehead atoms. The highest BCUT2D eigenvalue weighted by molar-refractivity contribution is 7.07. The van der Waals surface area contributed by atoms with Gasteiger partial charge in [-0.05, 0) is 50.6 Å². The fourth-order valence-corrected chi connectivity index (χ4v) is 5.27. The molecular formula is C28H28N2O7S. The van der Waals surface area contributed by atoms with Crippen molar-refractivity contribution in [3.63, 3.8) is 0 Å². The van der Waals surface area contributed by atoms with E-state index in [9.17, 15) is 14.4 Å². The van der Waals surface area contributed by atoms with Crippen molar-refractivity contribution in [2.45, 2.75) is 33.7 Å². The van der Waals surface area contributed by atoms with Gasteiger partial charge in [0.05, 0.1) is 42.2 Å². The maximum atomic E-state index is 13.8. The number of rotatable bonds is 8. The monoisotopic (exact) mass is 536 g/mol. The molecule has 0 radical (unpaired) electrons. The highest BCUT2D eigenvalue weighted by Gasteiger charge is 2.34. The van der Waals surface area contributed by atoms with Crippen LogP contribution in [0, 0.1) is 0 Å². The fourth-order valence-electron chi connectivity index (χ4n) is 4.24. The standard InChI is InChI=1S/C28H28N2O7S/c1-6-35-22-14-19(12-13-21(22)37-17(4)31)25-24(27(33)36-7-2)16(3)29-28-30(25)26(32)23(38-28)15-18-10-8-9-11-20(18)34-5/h8-15,25H,6-7H2,1-5H3/b23-15+. The topological polar surface area (TPSA) is 105 Å². The summed E-state index contributed by atoms with van der Waals surface area (Å²) in [6.07, 6.45) is 1.75. The summed E-state index contributed by atoms with van der Waals surface area (Å²) in [6, 6.07) is 11.5. The number of hydrogen-bond acceptors (Lipinski definition) is 9. The van der Waals surface area contributed by atoms with Crippen molar-refractivity contribution in [1.82, 2.24) is 4.57 Å². The number of hydrogen-bond donors (Lipinski definition) is 0. The van der Waals surface area contributed by atoms with Crippen molar-refractivity contribution in [3.05, 3.63) is 84.5 Å². The van der Waals surface area contributed by atoms with E-state index in [2.05, 4.69) is 4.99 Å². The molecule has 0 spiro atoms. The number of para-hydroxylation sites is 1. The molecule has 0 amide bonds. The van der Waals surface area contributed by atoms with E-state index in [-0.39, 0.29) is 23.5 Å². The van der Waals surface area contributed by atoms with Gasteiger partial charge in [-0.1, -0.05) is 35.6 Å². The average Bonchev–Trinajstić information content (AvgIpc) is 3.18. The van der Waals surface area contributed by atoms with Crippen molar-refractivity contribution in [2.75, 3.05) is 20.3 Å². The number of fused-ring (bicyclic) bond motifs is 1. The fraction of sp³-hybridized carbons (Fsp3) is 0.286. The van der Waals surface area contributed by atoms with Crippen LogP contribution in [-0.2, 0) is 14.3 Å². The van der Waals surface area contributed by atoms with E-state index < -0.39 is 18.0 Å². The zero-order valence-corrected chi connectivity index (χ0v) is 22.6. The third-order valence-electron chi connectivity index (χ3n) is 5.78. The minimum absolute atomic E-state index is 0.163. The first kappa shape index (κ1) is 26.9. The summed E-state index contributed by atoms with van der Waals surface area (Å²) in [5, 5.41) is 0. The third-order valence-corrected chi connectivity index (χ3v) is 6.76. The summed E-state index contributed by atoms with van der Waals surface area (Å²) < 4.78 is 23.7. The molecule has 0 saturated heterocycles. The Labute approximate surface area is 223 Å². The highest BCUT2D eigenvalue weighted by atomic mass is 32.1. The van der Waals surface area contributed by atoms with Gasteiger partial charge in [0.2, 0.25) is 0 Å². The van der Waals surface area contributed by atoms with Gasteiger partial charge in [-0.3, -0.25) is 14.2 Å². The zero-order valence-electron chi connectivity index (χ0n) is 21.8. The molecule has 1 unspecified atom stereocenters. The van der Waals surface area contributed by atoms with E-state index >= 15 is 0 Å². The minimum atomic E-state index is -0.837. The normalized spacial score (nSPS) is 15.0. The quantitative estimate of drug-likeness (QED) is 0.322. The lowest BCUT2D eigenvalue weighted by atomic mass is 9.95. The Hall–Kier alpha value is -4.18. The van der Waals surface area contributed by atoms with Crippen LogP contribution in [0.4, 0.5) is 0 Å². The van der Waals surface area contributed by atoms with Gasteiger partial charge in [0.25, 0.3) is 5.56 Å². The minimum Gasteiger partial charge on any atom is -0.496 e. The van der Waals surface area contributed by atoms with Crippen LogP contribution in [0.5, 0.6) is 17.2 Å². The lowest BCUT2D eigenvalue weighted by Gasteiger charge is -2.25. The van der Waals surface area contributed by atoms with Gasteiger partial charge in [0.15, 0.2) is 16.3 Å². The Balaban J connectivity index is 1.97. The Morgan fingerprint density at radius 2 is 1.84 bits per heavy atom. The van der Waals surface area contributed by atoms with Gasteiger partial charge in [-0.15, -0.1) is 0 Å². The second-order valence-electron chi connectivity index (χ2n) is 8.28. The van der Waals surface area contributed by atoms with Gasteiger partial charge < -0.3 is 18.9 Å². The maximum absolute atomic E-state index is 13.8. The van der Waals surface area contributed by atoms with E-state index in [0.29, 0.717) is 38.7 Å². The number of ether oxygens (including phenoxy) is 4. The summed E-state index contributed by atoms with van der Waals surface area (Å²) >= 11 is 1.22. The largest absolute Gasteiger partial charge is 0.496 e. The molecule has 9 nitrogen and oxygen atoms in total. The molecule has 38 heavy (non-hydrogen) atoms. The molecule has 0 saturated carbocycles. The summed E-state index contributed by atoms with van der Waals surface area (Å²) in [4.78, 5) is 43.6. The van der Waals surface area contributed by atoms with E-state index in [1.165, 1.54) is 22.8 Å². The summed E-state index contributed by atoms with van der Waals surface area (Å²) in [7, 11) is 1.57. The highest BCUT2D eigenvalue weighted by Crippen LogP contribution is 2.36. The van der Waals surface area contributed by atoms with E-state index in [4.69, 9.17) is 18.9 Å². The summed E-state index contributed by atoms with van der Waals surface area (Å²) in [5.41, 5.74) is 1.68. The number of thiazole rings is 1. The number of carbonyl (C=O) groups is 2. The lowest BCUT2D eigenvalue weighted by Crippen LogP contribution is -2.40. The molecule has 1 aliphatic heterocycles. The van der Waals surface area contributed by atoms with Crippen LogP contribution in [0.3, 0.4) is 0 Å². The van der Waals surface area contributed by atoms with Gasteiger partial charge >= 0.3 is 11.9 Å². The van der Waals surface area contributed by atoms with Crippen molar-refractivity contribution in [1.29, 1.82) is 0 Å². The summed E-state index contributed by atoms with van der Waals surface area (Å²) in [6.45, 7) is 7.02. The SMILES string of the molecule is CCOC(=O)C1=C(C)N=c2s/c(=C/c3ccccc3OC)c(=O)n2C1c1ccc(OC(C)=O)c(OCC)c1. The molecular weight excluding hydrogens is 508 g/mol. The van der Waals surface area contributed by atoms with E-state index in [0.717, 1.165) is 5.56 Å². The van der Waals surface area contributed by atoms with Crippen molar-refractivity contribution in [3.8, 4) is 17.2 Å². The molecule has 0 fully saturated rings. The first-order valence-corrected chi connectivity index (χ1v) is 12.9. The number of aromatic nitrogens is 1. The first-order valence-electron chi connectivity index (χ1n) is 12.1. The Morgan fingerprint density at radius 1 is 1.08 bits per heavy atom. The second kappa shape index (κ2) is 11.5. The zero-order chi connectivity index (χ0) is 27.4. The third kappa shape index (κ3) is 5.26. The predicted octanol–water partition coefficient (Wildman–Crippen LogP) is 3.13. The molecule has 4 rings (SSSR count). The number of nitrogens with zero attached hydrogens (tertiary/aromatic N) is 2. The molecule has 0 aliphatic carbocycles. The number of methoxy groups -OCH3 is 1. The number of allylic oxidation sites excluding steroid dienone is 1. The molecule has 2 aromatic carbocycles. The van der Waals surface area contributed by atoms with Gasteiger partial charge in [-0.25, -0.2) is 9.79 Å². The van der Waals surface area contributed by atoms with Crippen molar-refractivity contribution in [2.24, 2.45) is 4.99 Å². The van der Waals surface area contributed by atoms with Crippen LogP contribution in [0.1, 0.15) is 44.9 Å². The van der Waals surface area contributed by atoms with Gasteiger partial charge in [0.1, 0.15) is 5.75 Å². The maximum Gasteiger partial charge on any atom is 0.338 e. The first-order chi connectivity index (χ1) is 18.3. The molecule has 1 atom stereocenters. The molecule has 1 aliphatic rings. The smallest absolute Gasteiger partial charge is 0.338 e. The number of carbonyl (C=O) groups excluding carboxylic acids is 2. The molecule has 1 aromatic heterocycles. The second-order valence-corrected chi connectivity index (χ2v) is 9.29. The van der Waals surface area contributed by atoms with Crippen LogP contribution in [0.15, 0.2) is 63.5 Å². The van der Waals surface area contributed by atoms with Crippen LogP contribution >= 0.6 is 11.3 Å². The predicted molar refractivity (Wildman–Crippen MR) is 142 cm³/mol. The van der Waals surface area contributed by atoms with E-state index in [1.54, 1.807) is 52.2 Å². The molecule has 0 N–H and O–H groups in total. The van der Waals surface area contributed by atoms with Crippen molar-refractivity contribution >= 4 is 29.4 Å². The molecule has 10 heteroatoms. The van der Waals surface area contributed by atoms with Crippen molar-refractivity contribution < 1.29 is 28.5 Å². The van der Waals surface area contributed by atoms with Gasteiger partial charge in [-0.2, -0.15) is 0 Å². The Morgan fingerprint density at radius 3 is 2.53 bits per heavy atom. The molecule has 198 valence electrons. The lowest BCUT2D eigenvalue weighted by molar-refractivity contribution is -0.139. The van der Waals surface area contributed by atoms with Crippen LogP contribution in [0.25, 0.3) is 6.08 Å². The van der Waals surface area contributed by atoms with Crippen LogP contribution in [-0.4, -0.2) is 36.8 Å². The Kier molecular flexibility index (Phi) is 8.11. The molecule has 2 heterocycles. The Bertz CT molecular complexity index is 1600. The number of esters is 2. The number of benzene rings is 2. The average molecular weight is 537 g/mol. The van der Waals surface area contributed by atoms with Crippen LogP contribution < -0.4 is 29.1 Å². The van der Waals surface area contributed by atoms with Crippen LogP contribution in [0.2, 0.25) is 0 Å². The van der Waals surface area contributed by atoms with E-state index in [1.807, 2.05) is 24.3 Å². The summed E-state index contributed by atoms with van der Waals surface area (Å²) in [5.74, 6) is 0.116. The van der Waals surface area contributed by atoms with Gasteiger partial charge in [0, 0.05) is 12.5 Å².